The lowest BCUT2D eigenvalue weighted by atomic mass is 9.86. The van der Waals surface area contributed by atoms with E-state index in [1.54, 1.807) is 35.8 Å². The first-order valence-corrected chi connectivity index (χ1v) is 14.3. The minimum atomic E-state index is -0.256. The number of hydrogen-bond acceptors (Lipinski definition) is 4. The highest BCUT2D eigenvalue weighted by molar-refractivity contribution is 7.21. The van der Waals surface area contributed by atoms with E-state index >= 15 is 0 Å². The number of phenols is 1. The van der Waals surface area contributed by atoms with Crippen LogP contribution < -0.4 is 0 Å². The Kier molecular flexibility index (Phi) is 6.98. The molecular formula is C36H29FN2OS. The third-order valence-corrected chi connectivity index (χ3v) is 8.16. The van der Waals surface area contributed by atoms with Gasteiger partial charge in [0.05, 0.1) is 15.9 Å². The number of benzene rings is 5. The Balaban J connectivity index is 1.46. The fourth-order valence-corrected chi connectivity index (χ4v) is 5.89. The number of nitrogens with zero attached hydrogens (tertiary/aromatic N) is 2. The van der Waals surface area contributed by atoms with Crippen LogP contribution in [0.1, 0.15) is 31.9 Å². The highest BCUT2D eigenvalue weighted by atomic mass is 32.1. The number of hydrogen-bond donors (Lipinski definition) is 1. The van der Waals surface area contributed by atoms with E-state index < -0.39 is 0 Å². The Morgan fingerprint density at radius 3 is 2.24 bits per heavy atom. The Morgan fingerprint density at radius 1 is 0.756 bits per heavy atom. The largest absolute Gasteiger partial charge is 0.507 e. The lowest BCUT2D eigenvalue weighted by Gasteiger charge is -2.19. The van der Waals surface area contributed by atoms with Crippen molar-refractivity contribution < 1.29 is 9.50 Å². The van der Waals surface area contributed by atoms with Crippen molar-refractivity contribution in [1.29, 1.82) is 0 Å². The maximum Gasteiger partial charge on any atom is 0.126 e. The van der Waals surface area contributed by atoms with Crippen LogP contribution >= 0.6 is 11.3 Å². The predicted octanol–water partition coefficient (Wildman–Crippen LogP) is 10.2. The molecule has 5 heteroatoms. The molecule has 5 aromatic carbocycles. The van der Waals surface area contributed by atoms with Gasteiger partial charge in [-0.15, -0.1) is 11.3 Å². The molecule has 1 heterocycles. The first kappa shape index (κ1) is 26.6. The maximum atomic E-state index is 13.7. The lowest BCUT2D eigenvalue weighted by Crippen LogP contribution is -2.11. The van der Waals surface area contributed by atoms with Gasteiger partial charge in [0.25, 0.3) is 0 Å². The summed E-state index contributed by atoms with van der Waals surface area (Å²) in [6.45, 7) is 6.44. The number of aromatic nitrogens is 1. The van der Waals surface area contributed by atoms with Gasteiger partial charge in [-0.25, -0.2) is 9.37 Å². The van der Waals surface area contributed by atoms with Crippen LogP contribution in [0.5, 0.6) is 5.75 Å². The van der Waals surface area contributed by atoms with Gasteiger partial charge in [-0.1, -0.05) is 81.4 Å². The molecule has 0 fully saturated rings. The molecule has 6 aromatic rings. The van der Waals surface area contributed by atoms with E-state index in [4.69, 9.17) is 9.98 Å². The number of halogens is 1. The van der Waals surface area contributed by atoms with Gasteiger partial charge >= 0.3 is 0 Å². The number of aromatic hydroxyl groups is 1. The van der Waals surface area contributed by atoms with Crippen molar-refractivity contribution in [1.82, 2.24) is 4.98 Å². The molecule has 6 rings (SSSR count). The van der Waals surface area contributed by atoms with Crippen molar-refractivity contribution in [3.05, 3.63) is 126 Å². The van der Waals surface area contributed by atoms with E-state index in [1.807, 2.05) is 54.6 Å². The molecule has 41 heavy (non-hydrogen) atoms. The normalized spacial score (nSPS) is 11.9. The second-order valence-electron chi connectivity index (χ2n) is 11.1. The first-order valence-electron chi connectivity index (χ1n) is 13.5. The summed E-state index contributed by atoms with van der Waals surface area (Å²) in [7, 11) is 0. The topological polar surface area (TPSA) is 45.5 Å². The number of para-hydroxylation sites is 1. The molecule has 1 aromatic heterocycles. The molecule has 0 aliphatic carbocycles. The van der Waals surface area contributed by atoms with Crippen LogP contribution in [0, 0.1) is 5.82 Å². The molecule has 0 saturated carbocycles. The standard InChI is InChI=1S/C36H29FN2OS/c1-36(2,3)27-15-18-32(40)26(19-27)22-38-31-12-8-7-11-29(31)35-39-34-30(24-9-5-4-6-10-24)20-25(21-33(34)41-35)23-13-16-28(37)17-14-23/h4-22,40H,1-3H3. The first-order chi connectivity index (χ1) is 19.8. The molecule has 0 bridgehead atoms. The number of thiazole rings is 1. The molecule has 0 unspecified atom stereocenters. The van der Waals surface area contributed by atoms with Crippen LogP contribution in [0.4, 0.5) is 10.1 Å². The monoisotopic (exact) mass is 556 g/mol. The van der Waals surface area contributed by atoms with Gasteiger partial charge in [-0.2, -0.15) is 0 Å². The summed E-state index contributed by atoms with van der Waals surface area (Å²) in [5.41, 5.74) is 8.40. The Bertz CT molecular complexity index is 1880. The second-order valence-corrected chi connectivity index (χ2v) is 12.1. The summed E-state index contributed by atoms with van der Waals surface area (Å²) < 4.78 is 14.7. The molecule has 3 nitrogen and oxygen atoms in total. The Morgan fingerprint density at radius 2 is 1.49 bits per heavy atom. The predicted molar refractivity (Wildman–Crippen MR) is 170 cm³/mol. The SMILES string of the molecule is CC(C)(C)c1ccc(O)c(C=Nc2ccccc2-c2nc3c(-c4ccccc4)cc(-c4ccc(F)cc4)cc3s2)c1. The van der Waals surface area contributed by atoms with Crippen LogP contribution in [0.25, 0.3) is 43.0 Å². The zero-order valence-corrected chi connectivity index (χ0v) is 23.9. The van der Waals surface area contributed by atoms with Gasteiger partial charge in [0.1, 0.15) is 16.6 Å². The molecule has 0 aliphatic rings. The van der Waals surface area contributed by atoms with E-state index in [0.717, 1.165) is 54.3 Å². The number of fused-ring (bicyclic) bond motifs is 1. The average molecular weight is 557 g/mol. The van der Waals surface area contributed by atoms with Crippen molar-refractivity contribution in [2.45, 2.75) is 26.2 Å². The van der Waals surface area contributed by atoms with Crippen molar-refractivity contribution >= 4 is 33.5 Å². The quantitative estimate of drug-likeness (QED) is 0.215. The van der Waals surface area contributed by atoms with E-state index in [-0.39, 0.29) is 17.0 Å². The van der Waals surface area contributed by atoms with Gasteiger partial charge < -0.3 is 5.11 Å². The van der Waals surface area contributed by atoms with Crippen molar-refractivity contribution in [3.8, 4) is 38.6 Å². The molecule has 1 N–H and O–H groups in total. The highest BCUT2D eigenvalue weighted by Gasteiger charge is 2.17. The summed E-state index contributed by atoms with van der Waals surface area (Å²) in [6, 6.07) is 34.6. The van der Waals surface area contributed by atoms with Gasteiger partial charge in [0.2, 0.25) is 0 Å². The highest BCUT2D eigenvalue weighted by Crippen LogP contribution is 2.41. The number of rotatable bonds is 5. The summed E-state index contributed by atoms with van der Waals surface area (Å²) >= 11 is 1.61. The lowest BCUT2D eigenvalue weighted by molar-refractivity contribution is 0.473. The van der Waals surface area contributed by atoms with Crippen LogP contribution in [-0.2, 0) is 5.41 Å². The van der Waals surface area contributed by atoms with Crippen LogP contribution in [-0.4, -0.2) is 16.3 Å². The van der Waals surface area contributed by atoms with Gasteiger partial charge in [-0.3, -0.25) is 4.99 Å². The molecule has 0 atom stereocenters. The van der Waals surface area contributed by atoms with E-state index in [9.17, 15) is 9.50 Å². The summed E-state index contributed by atoms with van der Waals surface area (Å²) in [5.74, 6) is -0.0613. The summed E-state index contributed by atoms with van der Waals surface area (Å²) in [5, 5.41) is 11.4. The third kappa shape index (κ3) is 5.54. The van der Waals surface area contributed by atoms with Crippen LogP contribution in [0.2, 0.25) is 0 Å². The van der Waals surface area contributed by atoms with Crippen LogP contribution in [0.15, 0.2) is 114 Å². The maximum absolute atomic E-state index is 13.7. The molecule has 0 saturated heterocycles. The van der Waals surface area contributed by atoms with Crippen molar-refractivity contribution in [2.24, 2.45) is 4.99 Å². The third-order valence-electron chi connectivity index (χ3n) is 7.13. The minimum absolute atomic E-state index is 0.0432. The van der Waals surface area contributed by atoms with E-state index in [0.29, 0.717) is 5.56 Å². The Hall–Kier alpha value is -4.61. The fourth-order valence-electron chi connectivity index (χ4n) is 4.82. The number of aliphatic imine (C=N–C) groups is 1. The van der Waals surface area contributed by atoms with Crippen molar-refractivity contribution in [2.75, 3.05) is 0 Å². The van der Waals surface area contributed by atoms with Gasteiger partial charge in [0, 0.05) is 22.9 Å². The molecule has 0 aliphatic heterocycles. The van der Waals surface area contributed by atoms with Crippen LogP contribution in [0.3, 0.4) is 0 Å². The Labute approximate surface area is 243 Å². The summed E-state index contributed by atoms with van der Waals surface area (Å²) in [4.78, 5) is 9.93. The van der Waals surface area contributed by atoms with E-state index in [2.05, 4.69) is 45.0 Å². The summed E-state index contributed by atoms with van der Waals surface area (Å²) in [6.07, 6.45) is 1.72. The second kappa shape index (κ2) is 10.8. The van der Waals surface area contributed by atoms with Crippen molar-refractivity contribution in [3.63, 3.8) is 0 Å². The van der Waals surface area contributed by atoms with Gasteiger partial charge in [0.15, 0.2) is 0 Å². The zero-order chi connectivity index (χ0) is 28.6. The molecule has 202 valence electrons. The fraction of sp³-hybridized carbons (Fsp3) is 0.111. The molecule has 0 radical (unpaired) electrons. The average Bonchev–Trinajstić information content (AvgIpc) is 3.41. The minimum Gasteiger partial charge on any atom is -0.507 e. The smallest absolute Gasteiger partial charge is 0.126 e. The molecular weight excluding hydrogens is 527 g/mol. The van der Waals surface area contributed by atoms with Gasteiger partial charge in [-0.05, 0) is 76.2 Å². The zero-order valence-electron chi connectivity index (χ0n) is 23.1. The number of phenolic OH excluding ortho intramolecular Hbond substituents is 1. The molecule has 0 spiro atoms. The van der Waals surface area contributed by atoms with E-state index in [1.165, 1.54) is 12.1 Å². The molecule has 0 amide bonds.